The molecule has 21 heavy (non-hydrogen) atoms. The maximum atomic E-state index is 5.75. The van der Waals surface area contributed by atoms with Crippen molar-refractivity contribution in [1.82, 2.24) is 0 Å². The fraction of sp³-hybridized carbons (Fsp3) is 1.00. The fourth-order valence-corrected chi connectivity index (χ4v) is 3.38. The highest BCUT2D eigenvalue weighted by atomic mass is 127. The molecule has 0 N–H and O–H groups in total. The van der Waals surface area contributed by atoms with Gasteiger partial charge in [-0.3, -0.25) is 0 Å². The summed E-state index contributed by atoms with van der Waals surface area (Å²) in [6.07, 6.45) is 19.1. The van der Waals surface area contributed by atoms with Gasteiger partial charge in [0.25, 0.3) is 0 Å². The van der Waals surface area contributed by atoms with Gasteiger partial charge in [0.1, 0.15) is 0 Å². The molecule has 1 rings (SSSR count). The van der Waals surface area contributed by atoms with Crippen molar-refractivity contribution in [2.24, 2.45) is 0 Å². The predicted octanol–water partition coefficient (Wildman–Crippen LogP) is 6.26. The second-order valence-corrected chi connectivity index (χ2v) is 7.32. The monoisotopic (exact) mass is 410 g/mol. The van der Waals surface area contributed by atoms with Gasteiger partial charge in [0.05, 0.1) is 0 Å². The average molecular weight is 410 g/mol. The van der Waals surface area contributed by atoms with Crippen LogP contribution < -0.4 is 0 Å². The lowest BCUT2D eigenvalue weighted by molar-refractivity contribution is -0.162. The minimum absolute atomic E-state index is 0.103. The van der Waals surface area contributed by atoms with Crippen molar-refractivity contribution in [3.05, 3.63) is 0 Å². The molecule has 0 spiro atoms. The van der Waals surface area contributed by atoms with Crippen molar-refractivity contribution >= 4 is 22.6 Å². The van der Waals surface area contributed by atoms with Crippen molar-refractivity contribution in [1.29, 1.82) is 0 Å². The maximum absolute atomic E-state index is 5.75. The highest BCUT2D eigenvalue weighted by molar-refractivity contribution is 14.1. The molecule has 0 aromatic rings. The van der Waals surface area contributed by atoms with E-state index in [1.54, 1.807) is 0 Å². The van der Waals surface area contributed by atoms with E-state index in [-0.39, 0.29) is 6.29 Å². The Hall–Kier alpha value is 0.650. The maximum Gasteiger partial charge on any atom is 0.157 e. The molecule has 1 unspecified atom stereocenters. The summed E-state index contributed by atoms with van der Waals surface area (Å²) in [6.45, 7) is 1.78. The molecule has 0 aromatic carbocycles. The molecule has 0 aliphatic carbocycles. The number of ether oxygens (including phenoxy) is 2. The van der Waals surface area contributed by atoms with E-state index in [9.17, 15) is 0 Å². The standard InChI is InChI=1S/C18H35IO2/c19-15-11-8-6-4-2-1-3-5-7-9-12-16-20-18-14-10-13-17-21-18/h18H,1-17H2. The lowest BCUT2D eigenvalue weighted by Crippen LogP contribution is -2.22. The predicted molar refractivity (Wildman–Crippen MR) is 99.2 cm³/mol. The van der Waals surface area contributed by atoms with Gasteiger partial charge < -0.3 is 9.47 Å². The molecule has 0 radical (unpaired) electrons. The topological polar surface area (TPSA) is 18.5 Å². The Kier molecular flexibility index (Phi) is 14.6. The molecule has 1 atom stereocenters. The molecule has 1 fully saturated rings. The summed E-state index contributed by atoms with van der Waals surface area (Å²) in [6, 6.07) is 0. The van der Waals surface area contributed by atoms with E-state index in [4.69, 9.17) is 9.47 Å². The Labute approximate surface area is 145 Å². The number of unbranched alkanes of at least 4 members (excludes halogenated alkanes) is 10. The Morgan fingerprint density at radius 2 is 1.33 bits per heavy atom. The first-order chi connectivity index (χ1) is 10.4. The minimum atomic E-state index is 0.103. The lowest BCUT2D eigenvalue weighted by atomic mass is 10.1. The molecule has 0 aromatic heterocycles. The molecule has 1 aliphatic rings. The summed E-state index contributed by atoms with van der Waals surface area (Å²) in [5, 5.41) is 0. The Balaban J connectivity index is 1.69. The highest BCUT2D eigenvalue weighted by Gasteiger charge is 2.13. The van der Waals surface area contributed by atoms with Gasteiger partial charge in [0.2, 0.25) is 0 Å². The molecule has 1 heterocycles. The number of hydrogen-bond donors (Lipinski definition) is 0. The van der Waals surface area contributed by atoms with Crippen LogP contribution in [0, 0.1) is 0 Å². The Morgan fingerprint density at radius 3 is 1.86 bits per heavy atom. The summed E-state index contributed by atoms with van der Waals surface area (Å²) in [5.41, 5.74) is 0. The molecule has 0 bridgehead atoms. The largest absolute Gasteiger partial charge is 0.353 e. The van der Waals surface area contributed by atoms with Crippen molar-refractivity contribution in [3.63, 3.8) is 0 Å². The van der Waals surface area contributed by atoms with E-state index in [1.807, 2.05) is 0 Å². The molecule has 2 nitrogen and oxygen atoms in total. The van der Waals surface area contributed by atoms with Crippen LogP contribution in [0.4, 0.5) is 0 Å². The Morgan fingerprint density at radius 1 is 0.762 bits per heavy atom. The van der Waals surface area contributed by atoms with Gasteiger partial charge in [-0.05, 0) is 36.5 Å². The van der Waals surface area contributed by atoms with Crippen LogP contribution >= 0.6 is 22.6 Å². The van der Waals surface area contributed by atoms with Gasteiger partial charge in [-0.1, -0.05) is 80.4 Å². The third-order valence-electron chi connectivity index (χ3n) is 4.22. The van der Waals surface area contributed by atoms with Gasteiger partial charge in [0.15, 0.2) is 6.29 Å². The average Bonchev–Trinajstić information content (AvgIpc) is 2.53. The van der Waals surface area contributed by atoms with Crippen LogP contribution in [0.3, 0.4) is 0 Å². The molecule has 3 heteroatoms. The normalized spacial score (nSPS) is 19.0. The number of alkyl halides is 1. The first kappa shape index (κ1) is 19.7. The smallest absolute Gasteiger partial charge is 0.157 e. The molecule has 1 saturated heterocycles. The molecule has 0 saturated carbocycles. The first-order valence-corrected chi connectivity index (χ1v) is 10.7. The molecular weight excluding hydrogens is 375 g/mol. The third-order valence-corrected chi connectivity index (χ3v) is 4.98. The van der Waals surface area contributed by atoms with Crippen molar-refractivity contribution < 1.29 is 9.47 Å². The highest BCUT2D eigenvalue weighted by Crippen LogP contribution is 2.15. The van der Waals surface area contributed by atoms with Gasteiger partial charge in [0, 0.05) is 13.2 Å². The van der Waals surface area contributed by atoms with Crippen molar-refractivity contribution in [2.45, 2.75) is 96.2 Å². The van der Waals surface area contributed by atoms with Gasteiger partial charge in [-0.25, -0.2) is 0 Å². The minimum Gasteiger partial charge on any atom is -0.353 e. The zero-order valence-electron chi connectivity index (χ0n) is 13.8. The van der Waals surface area contributed by atoms with E-state index >= 15 is 0 Å². The second kappa shape index (κ2) is 15.5. The zero-order valence-corrected chi connectivity index (χ0v) is 16.0. The summed E-state index contributed by atoms with van der Waals surface area (Å²) < 4.78 is 12.6. The van der Waals surface area contributed by atoms with Gasteiger partial charge >= 0.3 is 0 Å². The first-order valence-electron chi connectivity index (χ1n) is 9.22. The fourth-order valence-electron chi connectivity index (χ4n) is 2.84. The van der Waals surface area contributed by atoms with Crippen LogP contribution in [0.2, 0.25) is 0 Å². The van der Waals surface area contributed by atoms with E-state index in [2.05, 4.69) is 22.6 Å². The van der Waals surface area contributed by atoms with E-state index in [0.717, 1.165) is 19.6 Å². The van der Waals surface area contributed by atoms with Crippen LogP contribution in [0.1, 0.15) is 89.9 Å². The van der Waals surface area contributed by atoms with Crippen LogP contribution in [-0.2, 0) is 9.47 Å². The van der Waals surface area contributed by atoms with Crippen molar-refractivity contribution in [2.75, 3.05) is 17.6 Å². The number of halogens is 1. The van der Waals surface area contributed by atoms with Crippen molar-refractivity contribution in [3.8, 4) is 0 Å². The van der Waals surface area contributed by atoms with E-state index < -0.39 is 0 Å². The quantitative estimate of drug-likeness (QED) is 0.191. The second-order valence-electron chi connectivity index (χ2n) is 6.24. The van der Waals surface area contributed by atoms with E-state index in [1.165, 1.54) is 87.9 Å². The van der Waals surface area contributed by atoms with Gasteiger partial charge in [-0.15, -0.1) is 0 Å². The number of hydrogen-bond acceptors (Lipinski definition) is 2. The third kappa shape index (κ3) is 12.8. The van der Waals surface area contributed by atoms with Crippen LogP contribution in [-0.4, -0.2) is 23.9 Å². The van der Waals surface area contributed by atoms with Gasteiger partial charge in [-0.2, -0.15) is 0 Å². The SMILES string of the molecule is ICCCCCCCCCCCCCOC1CCCCO1. The molecule has 1 aliphatic heterocycles. The summed E-state index contributed by atoms with van der Waals surface area (Å²) >= 11 is 2.48. The molecular formula is C18H35IO2. The van der Waals surface area contributed by atoms with Crippen LogP contribution in [0.5, 0.6) is 0 Å². The summed E-state index contributed by atoms with van der Waals surface area (Å²) in [4.78, 5) is 0. The number of rotatable bonds is 14. The van der Waals surface area contributed by atoms with Crippen LogP contribution in [0.15, 0.2) is 0 Å². The summed E-state index contributed by atoms with van der Waals surface area (Å²) in [5.74, 6) is 0. The van der Waals surface area contributed by atoms with Crippen LogP contribution in [0.25, 0.3) is 0 Å². The zero-order chi connectivity index (χ0) is 15.0. The van der Waals surface area contributed by atoms with E-state index in [0.29, 0.717) is 0 Å². The Bertz CT molecular complexity index is 205. The molecule has 0 amide bonds. The summed E-state index contributed by atoms with van der Waals surface area (Å²) in [7, 11) is 0. The molecule has 126 valence electrons. The lowest BCUT2D eigenvalue weighted by Gasteiger charge is -2.22.